The van der Waals surface area contributed by atoms with Crippen LogP contribution >= 0.6 is 0 Å². The lowest BCUT2D eigenvalue weighted by Gasteiger charge is -2.32. The van der Waals surface area contributed by atoms with Crippen LogP contribution in [0.25, 0.3) is 11.1 Å². The van der Waals surface area contributed by atoms with Gasteiger partial charge in [0, 0.05) is 5.41 Å². The number of benzene rings is 2. The Morgan fingerprint density at radius 3 is 2.19 bits per heavy atom. The summed E-state index contributed by atoms with van der Waals surface area (Å²) in [5.41, 5.74) is 5.96. The molecule has 0 bridgehead atoms. The van der Waals surface area contributed by atoms with Gasteiger partial charge in [-0.3, -0.25) is 0 Å². The number of ether oxygens (including phenoxy) is 1. The van der Waals surface area contributed by atoms with Crippen LogP contribution in [0.5, 0.6) is 5.75 Å². The molecule has 2 aromatic carbocycles. The third kappa shape index (κ3) is 2.07. The average Bonchev–Trinajstić information content (AvgIpc) is 2.79. The molecule has 3 rings (SSSR count). The van der Waals surface area contributed by atoms with Gasteiger partial charge >= 0.3 is 0 Å². The Bertz CT molecular complexity index is 636. The minimum Gasteiger partial charge on any atom is -0.497 e. The first kappa shape index (κ1) is 14.2. The highest BCUT2D eigenvalue weighted by molar-refractivity contribution is 5.81. The van der Waals surface area contributed by atoms with E-state index in [4.69, 9.17) is 4.74 Å². The van der Waals surface area contributed by atoms with E-state index in [1.165, 1.54) is 47.9 Å². The molecule has 0 heterocycles. The Morgan fingerprint density at radius 1 is 0.857 bits per heavy atom. The topological polar surface area (TPSA) is 9.23 Å². The Balaban J connectivity index is 2.28. The maximum absolute atomic E-state index is 5.49. The van der Waals surface area contributed by atoms with Crippen LogP contribution in [-0.2, 0) is 5.41 Å². The van der Waals surface area contributed by atoms with Crippen molar-refractivity contribution in [2.45, 2.75) is 44.9 Å². The van der Waals surface area contributed by atoms with Crippen molar-refractivity contribution in [3.63, 3.8) is 0 Å². The van der Waals surface area contributed by atoms with Gasteiger partial charge in [-0.15, -0.1) is 0 Å². The minimum atomic E-state index is 0.171. The second-order valence-electron chi connectivity index (χ2n) is 6.04. The van der Waals surface area contributed by atoms with Crippen LogP contribution in [-0.4, -0.2) is 7.11 Å². The molecule has 0 spiro atoms. The highest BCUT2D eigenvalue weighted by atomic mass is 16.5. The van der Waals surface area contributed by atoms with Gasteiger partial charge in [0.05, 0.1) is 7.11 Å². The van der Waals surface area contributed by atoms with E-state index < -0.39 is 0 Å². The molecule has 0 aliphatic heterocycles. The van der Waals surface area contributed by atoms with Gasteiger partial charge in [-0.1, -0.05) is 57.0 Å². The van der Waals surface area contributed by atoms with Crippen LogP contribution in [0, 0.1) is 0 Å². The van der Waals surface area contributed by atoms with Crippen LogP contribution < -0.4 is 4.74 Å². The van der Waals surface area contributed by atoms with Gasteiger partial charge in [0.25, 0.3) is 0 Å². The predicted octanol–water partition coefficient (Wildman–Crippen LogP) is 5.56. The fraction of sp³-hybridized carbons (Fsp3) is 0.400. The largest absolute Gasteiger partial charge is 0.497 e. The van der Waals surface area contributed by atoms with Crippen LogP contribution in [0.1, 0.15) is 50.7 Å². The molecule has 0 atom stereocenters. The second kappa shape index (κ2) is 5.55. The first-order valence-corrected chi connectivity index (χ1v) is 8.05. The van der Waals surface area contributed by atoms with E-state index in [9.17, 15) is 0 Å². The summed E-state index contributed by atoms with van der Waals surface area (Å²) in [6.07, 6.45) is 4.81. The molecule has 0 amide bonds. The third-order valence-electron chi connectivity index (χ3n) is 4.83. The molecule has 0 fully saturated rings. The summed E-state index contributed by atoms with van der Waals surface area (Å²) in [5.74, 6) is 0.970. The van der Waals surface area contributed by atoms with Crippen molar-refractivity contribution in [1.82, 2.24) is 0 Å². The van der Waals surface area contributed by atoms with Gasteiger partial charge < -0.3 is 4.74 Å². The summed E-state index contributed by atoms with van der Waals surface area (Å²) in [5, 5.41) is 0. The van der Waals surface area contributed by atoms with Crippen molar-refractivity contribution in [2.24, 2.45) is 0 Å². The molecule has 0 unspecified atom stereocenters. The maximum atomic E-state index is 5.49. The number of rotatable bonds is 5. The lowest BCUT2D eigenvalue weighted by atomic mass is 9.71. The number of fused-ring (bicyclic) bond motifs is 3. The fourth-order valence-electron chi connectivity index (χ4n) is 4.08. The van der Waals surface area contributed by atoms with Crippen molar-refractivity contribution < 1.29 is 4.74 Å². The molecule has 1 aliphatic rings. The fourth-order valence-corrected chi connectivity index (χ4v) is 4.08. The van der Waals surface area contributed by atoms with Crippen LogP contribution in [0.15, 0.2) is 42.5 Å². The minimum absolute atomic E-state index is 0.171. The Labute approximate surface area is 128 Å². The molecule has 21 heavy (non-hydrogen) atoms. The van der Waals surface area contributed by atoms with Gasteiger partial charge in [-0.25, -0.2) is 0 Å². The standard InChI is InChI=1S/C20H24O/c1-4-12-20(13-5-2)18-9-7-6-8-16(18)17-11-10-15(21-3)14-19(17)20/h6-11,14H,4-5,12-13H2,1-3H3. The van der Waals surface area contributed by atoms with Gasteiger partial charge in [0.15, 0.2) is 0 Å². The summed E-state index contributed by atoms with van der Waals surface area (Å²) in [4.78, 5) is 0. The molecule has 0 radical (unpaired) electrons. The molecular formula is C20H24O. The van der Waals surface area contributed by atoms with E-state index in [-0.39, 0.29) is 5.41 Å². The lowest BCUT2D eigenvalue weighted by molar-refractivity contribution is 0.406. The zero-order valence-electron chi connectivity index (χ0n) is 13.3. The number of hydrogen-bond acceptors (Lipinski definition) is 1. The molecule has 110 valence electrons. The highest BCUT2D eigenvalue weighted by Crippen LogP contribution is 2.54. The summed E-state index contributed by atoms with van der Waals surface area (Å²) >= 11 is 0. The number of methoxy groups -OCH3 is 1. The molecule has 0 aromatic heterocycles. The Kier molecular flexibility index (Phi) is 3.75. The quantitative estimate of drug-likeness (QED) is 0.696. The van der Waals surface area contributed by atoms with Gasteiger partial charge in [-0.05, 0) is 47.2 Å². The molecule has 2 aromatic rings. The van der Waals surface area contributed by atoms with Gasteiger partial charge in [0.1, 0.15) is 5.75 Å². The van der Waals surface area contributed by atoms with Crippen molar-refractivity contribution in [1.29, 1.82) is 0 Å². The number of hydrogen-bond donors (Lipinski definition) is 0. The van der Waals surface area contributed by atoms with Crippen molar-refractivity contribution in [3.8, 4) is 16.9 Å². The van der Waals surface area contributed by atoms with E-state index in [1.807, 2.05) is 0 Å². The van der Waals surface area contributed by atoms with E-state index in [2.05, 4.69) is 56.3 Å². The van der Waals surface area contributed by atoms with Crippen molar-refractivity contribution >= 4 is 0 Å². The van der Waals surface area contributed by atoms with E-state index >= 15 is 0 Å². The average molecular weight is 280 g/mol. The van der Waals surface area contributed by atoms with Crippen molar-refractivity contribution in [3.05, 3.63) is 53.6 Å². The summed E-state index contributed by atoms with van der Waals surface area (Å²) in [7, 11) is 1.76. The van der Waals surface area contributed by atoms with Crippen LogP contribution in [0.4, 0.5) is 0 Å². The maximum Gasteiger partial charge on any atom is 0.119 e. The van der Waals surface area contributed by atoms with E-state index in [0.29, 0.717) is 0 Å². The van der Waals surface area contributed by atoms with E-state index in [0.717, 1.165) is 5.75 Å². The zero-order valence-corrected chi connectivity index (χ0v) is 13.3. The van der Waals surface area contributed by atoms with Gasteiger partial charge in [0.2, 0.25) is 0 Å². The Hall–Kier alpha value is -1.76. The molecular weight excluding hydrogens is 256 g/mol. The lowest BCUT2D eigenvalue weighted by Crippen LogP contribution is -2.24. The second-order valence-corrected chi connectivity index (χ2v) is 6.04. The van der Waals surface area contributed by atoms with Gasteiger partial charge in [-0.2, -0.15) is 0 Å². The SMILES string of the molecule is CCCC1(CCC)c2ccccc2-c2ccc(OC)cc21. The molecule has 0 saturated carbocycles. The zero-order chi connectivity index (χ0) is 14.9. The van der Waals surface area contributed by atoms with Crippen LogP contribution in [0.2, 0.25) is 0 Å². The molecule has 1 heteroatoms. The summed E-state index contributed by atoms with van der Waals surface area (Å²) < 4.78 is 5.49. The molecule has 1 aliphatic carbocycles. The predicted molar refractivity (Wildman–Crippen MR) is 89.0 cm³/mol. The first-order chi connectivity index (χ1) is 10.3. The molecule has 0 N–H and O–H groups in total. The van der Waals surface area contributed by atoms with Crippen LogP contribution in [0.3, 0.4) is 0 Å². The molecule has 1 nitrogen and oxygen atoms in total. The smallest absolute Gasteiger partial charge is 0.119 e. The third-order valence-corrected chi connectivity index (χ3v) is 4.83. The highest BCUT2D eigenvalue weighted by Gasteiger charge is 2.41. The summed E-state index contributed by atoms with van der Waals surface area (Å²) in [6, 6.07) is 15.5. The first-order valence-electron chi connectivity index (χ1n) is 8.05. The summed E-state index contributed by atoms with van der Waals surface area (Å²) in [6.45, 7) is 4.58. The van der Waals surface area contributed by atoms with E-state index in [1.54, 1.807) is 7.11 Å². The van der Waals surface area contributed by atoms with Crippen molar-refractivity contribution in [2.75, 3.05) is 7.11 Å². The molecule has 0 saturated heterocycles. The normalized spacial score (nSPS) is 14.6. The monoisotopic (exact) mass is 280 g/mol. The Morgan fingerprint density at radius 2 is 1.52 bits per heavy atom.